The molecule has 1 amide bonds. The number of carbonyl (C=O) groups is 1. The minimum atomic E-state index is 0.0252. The summed E-state index contributed by atoms with van der Waals surface area (Å²) in [5.74, 6) is 3.06. The number of amides is 1. The van der Waals surface area contributed by atoms with Gasteiger partial charge in [0.05, 0.1) is 5.41 Å². The highest BCUT2D eigenvalue weighted by Gasteiger charge is 2.55. The van der Waals surface area contributed by atoms with E-state index >= 15 is 0 Å². The molecule has 26 heavy (non-hydrogen) atoms. The van der Waals surface area contributed by atoms with E-state index < -0.39 is 0 Å². The van der Waals surface area contributed by atoms with Gasteiger partial charge in [-0.1, -0.05) is 6.07 Å². The van der Waals surface area contributed by atoms with E-state index in [-0.39, 0.29) is 5.41 Å². The molecule has 1 saturated heterocycles. The normalized spacial score (nSPS) is 35.8. The molecule has 5 fully saturated rings. The van der Waals surface area contributed by atoms with E-state index in [1.165, 1.54) is 55.3 Å². The molecule has 1 aromatic rings. The Labute approximate surface area is 157 Å². The summed E-state index contributed by atoms with van der Waals surface area (Å²) in [4.78, 5) is 18.2. The van der Waals surface area contributed by atoms with Crippen molar-refractivity contribution in [1.29, 1.82) is 0 Å². The largest absolute Gasteiger partial charge is 0.368 e. The smallest absolute Gasteiger partial charge is 0.228 e. The van der Waals surface area contributed by atoms with Crippen molar-refractivity contribution < 1.29 is 4.79 Å². The van der Waals surface area contributed by atoms with Crippen LogP contribution in [0.2, 0.25) is 0 Å². The summed E-state index contributed by atoms with van der Waals surface area (Å²) in [6.45, 7) is 8.09. The Morgan fingerprint density at radius 1 is 0.885 bits per heavy atom. The van der Waals surface area contributed by atoms with Crippen molar-refractivity contribution in [2.45, 2.75) is 52.4 Å². The molecule has 0 atom stereocenters. The summed E-state index contributed by atoms with van der Waals surface area (Å²) in [5.41, 5.74) is 4.05. The van der Waals surface area contributed by atoms with Crippen LogP contribution in [0.4, 0.5) is 5.69 Å². The number of nitrogens with zero attached hydrogens (tertiary/aromatic N) is 2. The minimum Gasteiger partial charge on any atom is -0.368 e. The van der Waals surface area contributed by atoms with Crippen molar-refractivity contribution in [2.24, 2.45) is 23.2 Å². The summed E-state index contributed by atoms with van der Waals surface area (Å²) >= 11 is 0. The van der Waals surface area contributed by atoms with Gasteiger partial charge in [0.2, 0.25) is 5.91 Å². The second-order valence-corrected chi connectivity index (χ2v) is 9.75. The van der Waals surface area contributed by atoms with Crippen LogP contribution in [0.3, 0.4) is 0 Å². The van der Waals surface area contributed by atoms with Gasteiger partial charge in [-0.2, -0.15) is 0 Å². The standard InChI is InChI=1S/C23H32N2O/c1-16-3-4-21(9-17(16)2)24-5-7-25(8-6-24)22(26)23-13-18-10-19(14-23)12-20(11-18)15-23/h3-4,9,18-20H,5-8,10-15H2,1-2H3. The van der Waals surface area contributed by atoms with Crippen LogP contribution >= 0.6 is 0 Å². The summed E-state index contributed by atoms with van der Waals surface area (Å²) in [6, 6.07) is 6.75. The van der Waals surface area contributed by atoms with Gasteiger partial charge in [0.25, 0.3) is 0 Å². The number of rotatable bonds is 2. The second kappa shape index (κ2) is 6.00. The second-order valence-electron chi connectivity index (χ2n) is 9.75. The average molecular weight is 353 g/mol. The van der Waals surface area contributed by atoms with Gasteiger partial charge in [-0.15, -0.1) is 0 Å². The molecular formula is C23H32N2O. The molecule has 4 aliphatic carbocycles. The Bertz CT molecular complexity index is 682. The van der Waals surface area contributed by atoms with Crippen LogP contribution in [0.1, 0.15) is 49.7 Å². The SMILES string of the molecule is Cc1ccc(N2CCN(C(=O)C34CC5CC(CC(C5)C3)C4)CC2)cc1C. The highest BCUT2D eigenvalue weighted by atomic mass is 16.2. The van der Waals surface area contributed by atoms with E-state index in [9.17, 15) is 4.79 Å². The molecule has 1 aliphatic heterocycles. The Morgan fingerprint density at radius 3 is 2.00 bits per heavy atom. The van der Waals surface area contributed by atoms with Gasteiger partial charge in [0, 0.05) is 31.9 Å². The molecule has 3 heteroatoms. The predicted octanol–water partition coefficient (Wildman–Crippen LogP) is 4.17. The van der Waals surface area contributed by atoms with Crippen molar-refractivity contribution in [3.8, 4) is 0 Å². The van der Waals surface area contributed by atoms with E-state index in [1.54, 1.807) is 0 Å². The number of carbonyl (C=O) groups excluding carboxylic acids is 1. The Hall–Kier alpha value is -1.51. The van der Waals surface area contributed by atoms with Gasteiger partial charge >= 0.3 is 0 Å². The molecule has 0 radical (unpaired) electrons. The Morgan fingerprint density at radius 2 is 1.46 bits per heavy atom. The first-order valence-corrected chi connectivity index (χ1v) is 10.6. The number of hydrogen-bond acceptors (Lipinski definition) is 2. The van der Waals surface area contributed by atoms with Crippen molar-refractivity contribution in [3.05, 3.63) is 29.3 Å². The van der Waals surface area contributed by atoms with Gasteiger partial charge in [-0.3, -0.25) is 4.79 Å². The third-order valence-corrected chi connectivity index (χ3v) is 7.91. The van der Waals surface area contributed by atoms with Crippen LogP contribution in [0, 0.1) is 37.0 Å². The first kappa shape index (κ1) is 16.6. The van der Waals surface area contributed by atoms with Crippen molar-refractivity contribution in [3.63, 3.8) is 0 Å². The maximum atomic E-state index is 13.5. The van der Waals surface area contributed by atoms with Crippen molar-refractivity contribution in [2.75, 3.05) is 31.1 Å². The number of aryl methyl sites for hydroxylation is 2. The monoisotopic (exact) mass is 352 g/mol. The molecule has 1 heterocycles. The molecule has 140 valence electrons. The molecule has 4 saturated carbocycles. The first-order chi connectivity index (χ1) is 12.5. The van der Waals surface area contributed by atoms with Gasteiger partial charge in [-0.25, -0.2) is 0 Å². The first-order valence-electron chi connectivity index (χ1n) is 10.6. The summed E-state index contributed by atoms with van der Waals surface area (Å²) in [6.07, 6.45) is 7.80. The highest BCUT2D eigenvalue weighted by molar-refractivity contribution is 5.83. The topological polar surface area (TPSA) is 23.6 Å². The molecule has 0 N–H and O–H groups in total. The fraction of sp³-hybridized carbons (Fsp3) is 0.696. The molecule has 6 rings (SSSR count). The summed E-state index contributed by atoms with van der Waals surface area (Å²) in [5, 5.41) is 0. The van der Waals surface area contributed by atoms with Crippen molar-refractivity contribution in [1.82, 2.24) is 4.90 Å². The third-order valence-electron chi connectivity index (χ3n) is 7.91. The number of hydrogen-bond donors (Lipinski definition) is 0. The van der Waals surface area contributed by atoms with E-state index in [1.807, 2.05) is 0 Å². The van der Waals surface area contributed by atoms with Gasteiger partial charge in [-0.05, 0) is 93.4 Å². The third kappa shape index (κ3) is 2.66. The molecule has 1 aromatic carbocycles. The lowest BCUT2D eigenvalue weighted by Gasteiger charge is -2.57. The van der Waals surface area contributed by atoms with E-state index in [0.717, 1.165) is 43.9 Å². The van der Waals surface area contributed by atoms with Crippen LogP contribution < -0.4 is 4.90 Å². The quantitative estimate of drug-likeness (QED) is 0.797. The lowest BCUT2D eigenvalue weighted by Crippen LogP contribution is -2.58. The molecule has 0 spiro atoms. The molecule has 0 unspecified atom stereocenters. The maximum Gasteiger partial charge on any atom is 0.228 e. The van der Waals surface area contributed by atoms with E-state index in [4.69, 9.17) is 0 Å². The van der Waals surface area contributed by atoms with Gasteiger partial charge in [0.15, 0.2) is 0 Å². The van der Waals surface area contributed by atoms with Crippen molar-refractivity contribution >= 4 is 11.6 Å². The highest BCUT2D eigenvalue weighted by Crippen LogP contribution is 2.60. The number of anilines is 1. The molecule has 4 bridgehead atoms. The molecule has 0 aromatic heterocycles. The lowest BCUT2D eigenvalue weighted by atomic mass is 9.49. The van der Waals surface area contributed by atoms with Gasteiger partial charge in [0.1, 0.15) is 0 Å². The average Bonchev–Trinajstić information content (AvgIpc) is 2.62. The Kier molecular flexibility index (Phi) is 3.84. The zero-order valence-corrected chi connectivity index (χ0v) is 16.3. The van der Waals surface area contributed by atoms with Crippen LogP contribution in [0.25, 0.3) is 0 Å². The molecular weight excluding hydrogens is 320 g/mol. The zero-order chi connectivity index (χ0) is 17.9. The molecule has 3 nitrogen and oxygen atoms in total. The lowest BCUT2D eigenvalue weighted by molar-refractivity contribution is -0.158. The number of piperazine rings is 1. The minimum absolute atomic E-state index is 0.0252. The van der Waals surface area contributed by atoms with Crippen LogP contribution in [0.15, 0.2) is 18.2 Å². The van der Waals surface area contributed by atoms with Crippen LogP contribution in [-0.4, -0.2) is 37.0 Å². The maximum absolute atomic E-state index is 13.5. The fourth-order valence-corrected chi connectivity index (χ4v) is 6.80. The Balaban J connectivity index is 1.27. The predicted molar refractivity (Wildman–Crippen MR) is 105 cm³/mol. The number of benzene rings is 1. The molecule has 5 aliphatic rings. The van der Waals surface area contributed by atoms with Gasteiger partial charge < -0.3 is 9.80 Å². The van der Waals surface area contributed by atoms with Crippen LogP contribution in [0.5, 0.6) is 0 Å². The zero-order valence-electron chi connectivity index (χ0n) is 16.3. The summed E-state index contributed by atoms with van der Waals surface area (Å²) < 4.78 is 0. The fourth-order valence-electron chi connectivity index (χ4n) is 6.80. The summed E-state index contributed by atoms with van der Waals surface area (Å²) in [7, 11) is 0. The van der Waals surface area contributed by atoms with E-state index in [2.05, 4.69) is 41.8 Å². The van der Waals surface area contributed by atoms with Crippen LogP contribution in [-0.2, 0) is 4.79 Å². The van der Waals surface area contributed by atoms with E-state index in [0.29, 0.717) is 5.91 Å².